The maximum Gasteiger partial charge on any atom is 0.303 e. The minimum absolute atomic E-state index is 0.160. The molecular formula is C24H22O9S. The number of benzene rings is 2. The van der Waals surface area contributed by atoms with Gasteiger partial charge in [0, 0.05) is 32.6 Å². The predicted octanol–water partition coefficient (Wildman–Crippen LogP) is 3.19. The van der Waals surface area contributed by atoms with E-state index in [1.165, 1.54) is 32.5 Å². The lowest BCUT2D eigenvalue weighted by Crippen LogP contribution is -2.55. The third-order valence-electron chi connectivity index (χ3n) is 5.11. The van der Waals surface area contributed by atoms with E-state index < -0.39 is 41.7 Å². The molecule has 34 heavy (non-hydrogen) atoms. The first kappa shape index (κ1) is 23.6. The zero-order valence-electron chi connectivity index (χ0n) is 18.6. The van der Waals surface area contributed by atoms with E-state index in [-0.39, 0.29) is 11.2 Å². The second kappa shape index (κ2) is 9.76. The summed E-state index contributed by atoms with van der Waals surface area (Å²) >= 11 is 1.24. The molecule has 4 rings (SSSR count). The van der Waals surface area contributed by atoms with Gasteiger partial charge in [0.15, 0.2) is 23.7 Å². The maximum absolute atomic E-state index is 12.8. The zero-order chi connectivity index (χ0) is 24.4. The van der Waals surface area contributed by atoms with E-state index in [1.54, 1.807) is 42.5 Å². The first-order valence-corrected chi connectivity index (χ1v) is 11.5. The highest BCUT2D eigenvalue weighted by Crippen LogP contribution is 2.35. The Morgan fingerprint density at radius 1 is 0.853 bits per heavy atom. The van der Waals surface area contributed by atoms with Crippen LogP contribution in [0.4, 0.5) is 0 Å². The van der Waals surface area contributed by atoms with Gasteiger partial charge in [0.2, 0.25) is 5.43 Å². The Morgan fingerprint density at radius 3 is 2.21 bits per heavy atom. The summed E-state index contributed by atoms with van der Waals surface area (Å²) < 4.78 is 28.1. The van der Waals surface area contributed by atoms with Crippen LogP contribution in [0.3, 0.4) is 0 Å². The SMILES string of the molecule is CC(=O)O[C@@H]1[C@@H](OC(C)=O)[C@H](OC(C)=O)CS[C@H]1Oc1ccc2c(=O)c3ccccc3oc2c1. The normalized spacial score (nSPS) is 22.2. The molecule has 0 bridgehead atoms. The molecule has 4 atom stereocenters. The molecule has 0 amide bonds. The van der Waals surface area contributed by atoms with Gasteiger partial charge in [0.25, 0.3) is 0 Å². The molecule has 0 spiro atoms. The first-order chi connectivity index (χ1) is 16.2. The Labute approximate surface area is 198 Å². The van der Waals surface area contributed by atoms with E-state index in [2.05, 4.69) is 0 Å². The number of ether oxygens (including phenoxy) is 4. The Morgan fingerprint density at radius 2 is 1.50 bits per heavy atom. The topological polar surface area (TPSA) is 118 Å². The Hall–Kier alpha value is -3.53. The predicted molar refractivity (Wildman–Crippen MR) is 124 cm³/mol. The van der Waals surface area contributed by atoms with Crippen molar-refractivity contribution in [3.8, 4) is 5.75 Å². The molecular weight excluding hydrogens is 464 g/mol. The van der Waals surface area contributed by atoms with Gasteiger partial charge in [-0.05, 0) is 24.3 Å². The molecule has 10 heteroatoms. The molecule has 1 saturated heterocycles. The van der Waals surface area contributed by atoms with Crippen molar-refractivity contribution in [2.75, 3.05) is 5.75 Å². The van der Waals surface area contributed by atoms with Crippen molar-refractivity contribution in [1.29, 1.82) is 0 Å². The summed E-state index contributed by atoms with van der Waals surface area (Å²) in [6, 6.07) is 11.7. The third kappa shape index (κ3) is 5.01. The van der Waals surface area contributed by atoms with Crippen LogP contribution in [0.5, 0.6) is 5.75 Å². The molecule has 0 radical (unpaired) electrons. The van der Waals surface area contributed by atoms with Crippen molar-refractivity contribution >= 4 is 51.6 Å². The molecule has 2 heterocycles. The standard InChI is InChI=1S/C24H22O9S/c1-12(25)29-20-11-34-24(23(31-14(3)27)22(20)30-13(2)26)32-15-8-9-17-19(10-15)33-18-7-5-4-6-16(18)21(17)28/h4-10,20,22-24H,11H2,1-3H3/t20-,22+,23-,24-/m1/s1. The summed E-state index contributed by atoms with van der Waals surface area (Å²) in [5.74, 6) is -1.19. The average Bonchev–Trinajstić information content (AvgIpc) is 2.77. The second-order valence-corrected chi connectivity index (χ2v) is 8.83. The van der Waals surface area contributed by atoms with Crippen LogP contribution in [-0.4, -0.2) is 47.4 Å². The van der Waals surface area contributed by atoms with Gasteiger partial charge >= 0.3 is 17.9 Å². The molecule has 0 unspecified atom stereocenters. The van der Waals surface area contributed by atoms with Gasteiger partial charge in [-0.2, -0.15) is 0 Å². The third-order valence-corrected chi connectivity index (χ3v) is 6.32. The second-order valence-electron chi connectivity index (χ2n) is 7.70. The molecule has 9 nitrogen and oxygen atoms in total. The fraction of sp³-hybridized carbons (Fsp3) is 0.333. The molecule has 1 aliphatic rings. The Bertz CT molecular complexity index is 1310. The fourth-order valence-corrected chi connectivity index (χ4v) is 5.02. The summed E-state index contributed by atoms with van der Waals surface area (Å²) in [6.07, 6.45) is -2.93. The van der Waals surface area contributed by atoms with Crippen LogP contribution in [-0.2, 0) is 28.6 Å². The summed E-state index contributed by atoms with van der Waals surface area (Å²) in [6.45, 7) is 3.67. The molecule has 2 aromatic carbocycles. The average molecular weight is 486 g/mol. The number of hydrogen-bond acceptors (Lipinski definition) is 10. The van der Waals surface area contributed by atoms with Crippen molar-refractivity contribution in [1.82, 2.24) is 0 Å². The number of hydrogen-bond donors (Lipinski definition) is 0. The maximum atomic E-state index is 12.8. The zero-order valence-corrected chi connectivity index (χ0v) is 19.5. The minimum atomic E-state index is -1.06. The Balaban J connectivity index is 1.67. The van der Waals surface area contributed by atoms with Crippen molar-refractivity contribution < 1.29 is 37.7 Å². The number of para-hydroxylation sites is 1. The van der Waals surface area contributed by atoms with Gasteiger partial charge in [0.1, 0.15) is 16.9 Å². The largest absolute Gasteiger partial charge is 0.476 e. The van der Waals surface area contributed by atoms with Crippen molar-refractivity contribution in [3.05, 3.63) is 52.7 Å². The number of fused-ring (bicyclic) bond motifs is 2. The number of carbonyl (C=O) groups is 3. The molecule has 1 aromatic heterocycles. The minimum Gasteiger partial charge on any atom is -0.476 e. The van der Waals surface area contributed by atoms with E-state index in [0.717, 1.165) is 0 Å². The van der Waals surface area contributed by atoms with Crippen molar-refractivity contribution in [2.24, 2.45) is 0 Å². The van der Waals surface area contributed by atoms with Crippen LogP contribution in [0.1, 0.15) is 20.8 Å². The summed E-state index contributed by atoms with van der Waals surface area (Å²) in [4.78, 5) is 47.9. The number of rotatable bonds is 5. The molecule has 1 aliphatic heterocycles. The molecule has 0 saturated carbocycles. The number of thioether (sulfide) groups is 1. The van der Waals surface area contributed by atoms with Crippen molar-refractivity contribution in [2.45, 2.75) is 44.5 Å². The molecule has 1 fully saturated rings. The summed E-state index contributed by atoms with van der Waals surface area (Å²) in [5, 5.41) is 0.869. The van der Waals surface area contributed by atoms with Crippen LogP contribution in [0.25, 0.3) is 21.9 Å². The van der Waals surface area contributed by atoms with Gasteiger partial charge in [-0.25, -0.2) is 0 Å². The lowest BCUT2D eigenvalue weighted by Gasteiger charge is -2.39. The van der Waals surface area contributed by atoms with E-state index in [9.17, 15) is 19.2 Å². The lowest BCUT2D eigenvalue weighted by atomic mass is 10.1. The van der Waals surface area contributed by atoms with Gasteiger partial charge in [-0.3, -0.25) is 19.2 Å². The first-order valence-electron chi connectivity index (χ1n) is 10.5. The van der Waals surface area contributed by atoms with Crippen molar-refractivity contribution in [3.63, 3.8) is 0 Å². The van der Waals surface area contributed by atoms with E-state index in [1.807, 2.05) is 0 Å². The highest BCUT2D eigenvalue weighted by molar-refractivity contribution is 7.99. The van der Waals surface area contributed by atoms with E-state index in [0.29, 0.717) is 27.7 Å². The van der Waals surface area contributed by atoms with Crippen LogP contribution in [0.2, 0.25) is 0 Å². The summed E-state index contributed by atoms with van der Waals surface area (Å²) in [7, 11) is 0. The number of carbonyl (C=O) groups excluding carboxylic acids is 3. The molecule has 0 N–H and O–H groups in total. The summed E-state index contributed by atoms with van der Waals surface area (Å²) in [5.41, 5.74) is -0.168. The van der Waals surface area contributed by atoms with Gasteiger partial charge in [-0.15, -0.1) is 11.8 Å². The van der Waals surface area contributed by atoms with Crippen LogP contribution >= 0.6 is 11.8 Å². The molecule has 3 aromatic rings. The molecule has 178 valence electrons. The van der Waals surface area contributed by atoms with Crippen LogP contribution in [0, 0.1) is 0 Å². The molecule has 0 aliphatic carbocycles. The van der Waals surface area contributed by atoms with Gasteiger partial charge in [-0.1, -0.05) is 12.1 Å². The van der Waals surface area contributed by atoms with E-state index in [4.69, 9.17) is 23.4 Å². The number of esters is 3. The highest BCUT2D eigenvalue weighted by atomic mass is 32.2. The monoisotopic (exact) mass is 486 g/mol. The smallest absolute Gasteiger partial charge is 0.303 e. The van der Waals surface area contributed by atoms with Crippen LogP contribution < -0.4 is 10.2 Å². The quantitative estimate of drug-likeness (QED) is 0.302. The van der Waals surface area contributed by atoms with Gasteiger partial charge < -0.3 is 23.4 Å². The lowest BCUT2D eigenvalue weighted by molar-refractivity contribution is -0.186. The Kier molecular flexibility index (Phi) is 6.78. The van der Waals surface area contributed by atoms with Gasteiger partial charge in [0.05, 0.1) is 10.8 Å². The fourth-order valence-electron chi connectivity index (χ4n) is 3.80. The van der Waals surface area contributed by atoms with Crippen LogP contribution in [0.15, 0.2) is 51.7 Å². The highest BCUT2D eigenvalue weighted by Gasteiger charge is 2.47. The van der Waals surface area contributed by atoms with E-state index >= 15 is 0 Å².